The van der Waals surface area contributed by atoms with E-state index in [9.17, 15) is 4.79 Å². The van der Waals surface area contributed by atoms with E-state index >= 15 is 0 Å². The topological polar surface area (TPSA) is 26.3 Å². The molecule has 0 heterocycles. The number of fused-ring (bicyclic) bond motifs is 5. The molecule has 2 nitrogen and oxygen atoms in total. The number of hydrogen-bond acceptors (Lipinski definition) is 2. The molecule has 0 aliphatic heterocycles. The summed E-state index contributed by atoms with van der Waals surface area (Å²) in [6, 6.07) is 0. The quantitative estimate of drug-likeness (QED) is 0.0572. The second-order valence-electron chi connectivity index (χ2n) is 19.0. The predicted molar refractivity (Wildman–Crippen MR) is 216 cm³/mol. The maximum absolute atomic E-state index is 12.8. The second-order valence-corrected chi connectivity index (χ2v) is 19.0. The number of rotatable bonds is 24. The molecule has 0 radical (unpaired) electrons. The van der Waals surface area contributed by atoms with Crippen molar-refractivity contribution in [1.29, 1.82) is 0 Å². The van der Waals surface area contributed by atoms with E-state index < -0.39 is 0 Å². The molecule has 8 atom stereocenters. The summed E-state index contributed by atoms with van der Waals surface area (Å²) in [7, 11) is 0. The van der Waals surface area contributed by atoms with Gasteiger partial charge in [-0.3, -0.25) is 4.79 Å². The summed E-state index contributed by atoms with van der Waals surface area (Å²) in [5, 5.41) is 0. The average molecular weight is 693 g/mol. The van der Waals surface area contributed by atoms with Crippen molar-refractivity contribution in [3.63, 3.8) is 0 Å². The van der Waals surface area contributed by atoms with E-state index in [0.29, 0.717) is 17.3 Å². The Hall–Kier alpha value is -1.05. The zero-order chi connectivity index (χ0) is 35.8. The molecule has 0 N–H and O–H groups in total. The van der Waals surface area contributed by atoms with Gasteiger partial charge in [-0.25, -0.2) is 0 Å². The zero-order valence-corrected chi connectivity index (χ0v) is 34.4. The van der Waals surface area contributed by atoms with Crippen molar-refractivity contribution in [2.75, 3.05) is 0 Å². The number of hydrogen-bond donors (Lipinski definition) is 0. The van der Waals surface area contributed by atoms with Crippen molar-refractivity contribution in [1.82, 2.24) is 0 Å². The highest BCUT2D eigenvalue weighted by Gasteiger charge is 2.59. The lowest BCUT2D eigenvalue weighted by atomic mass is 9.47. The van der Waals surface area contributed by atoms with Gasteiger partial charge in [-0.15, -0.1) is 0 Å². The van der Waals surface area contributed by atoms with Gasteiger partial charge in [0, 0.05) is 12.8 Å². The number of esters is 1. The number of carbonyl (C=O) groups is 1. The van der Waals surface area contributed by atoms with Crippen molar-refractivity contribution >= 4 is 5.97 Å². The van der Waals surface area contributed by atoms with Crippen molar-refractivity contribution in [2.24, 2.45) is 46.3 Å². The smallest absolute Gasteiger partial charge is 0.306 e. The largest absolute Gasteiger partial charge is 0.462 e. The molecule has 0 aromatic heterocycles. The summed E-state index contributed by atoms with van der Waals surface area (Å²) < 4.78 is 6.14. The SMILES string of the molecule is CCCCCCC/C=C\CCCCCCCCCCCC(=O)O[C@H]1CC[C@@]2(C)C(=CC[C@H]3[C@@H]4CC[C@H]([C@H](C)CCCC(C)C)[C@@]4(C)CC[C@@H]32)C1. The lowest BCUT2D eigenvalue weighted by Crippen LogP contribution is -2.51. The Balaban J connectivity index is 1.06. The van der Waals surface area contributed by atoms with Crippen molar-refractivity contribution in [3.8, 4) is 0 Å². The number of unbranched alkanes of at least 4 members (excludes halogenated alkanes) is 14. The van der Waals surface area contributed by atoms with Crippen LogP contribution < -0.4 is 0 Å². The van der Waals surface area contributed by atoms with Crippen LogP contribution in [0.1, 0.15) is 221 Å². The summed E-state index contributed by atoms with van der Waals surface area (Å²) in [5.41, 5.74) is 2.53. The molecular weight excluding hydrogens is 609 g/mol. The van der Waals surface area contributed by atoms with Crippen LogP contribution in [0.4, 0.5) is 0 Å². The molecule has 0 aromatic carbocycles. The third-order valence-corrected chi connectivity index (χ3v) is 15.0. The molecule has 2 heteroatoms. The van der Waals surface area contributed by atoms with Crippen LogP contribution in [-0.4, -0.2) is 12.1 Å². The van der Waals surface area contributed by atoms with E-state index in [4.69, 9.17) is 4.74 Å². The first-order valence-electron chi connectivity index (χ1n) is 22.7. The van der Waals surface area contributed by atoms with Gasteiger partial charge in [-0.05, 0) is 123 Å². The molecule has 0 saturated heterocycles. The van der Waals surface area contributed by atoms with Gasteiger partial charge in [0.2, 0.25) is 0 Å². The van der Waals surface area contributed by atoms with Crippen LogP contribution in [0.25, 0.3) is 0 Å². The van der Waals surface area contributed by atoms with E-state index in [-0.39, 0.29) is 12.1 Å². The molecule has 288 valence electrons. The molecule has 4 aliphatic carbocycles. The van der Waals surface area contributed by atoms with E-state index in [0.717, 1.165) is 54.8 Å². The van der Waals surface area contributed by atoms with Gasteiger partial charge in [-0.2, -0.15) is 0 Å². The first kappa shape index (κ1) is 41.7. The first-order valence-corrected chi connectivity index (χ1v) is 22.7. The summed E-state index contributed by atoms with van der Waals surface area (Å²) in [6.45, 7) is 14.9. The Kier molecular flexibility index (Phi) is 18.0. The van der Waals surface area contributed by atoms with E-state index in [1.54, 1.807) is 5.57 Å². The molecule has 0 bridgehead atoms. The minimum absolute atomic E-state index is 0.0615. The number of ether oxygens (including phenoxy) is 1. The third kappa shape index (κ3) is 12.0. The van der Waals surface area contributed by atoms with Crippen molar-refractivity contribution in [3.05, 3.63) is 23.8 Å². The predicted octanol–water partition coefficient (Wildman–Crippen LogP) is 15.1. The Labute approximate surface area is 312 Å². The van der Waals surface area contributed by atoms with Crippen LogP contribution in [0.3, 0.4) is 0 Å². The lowest BCUT2D eigenvalue weighted by molar-refractivity contribution is -0.151. The zero-order valence-electron chi connectivity index (χ0n) is 34.4. The summed E-state index contributed by atoms with van der Waals surface area (Å²) in [6.07, 6.45) is 43.9. The van der Waals surface area contributed by atoms with E-state index in [2.05, 4.69) is 59.8 Å². The van der Waals surface area contributed by atoms with Crippen LogP contribution in [0.5, 0.6) is 0 Å². The maximum atomic E-state index is 12.8. The average Bonchev–Trinajstić information content (AvgIpc) is 3.45. The van der Waals surface area contributed by atoms with E-state index in [1.807, 2.05) is 0 Å². The number of carbonyl (C=O) groups excluding carboxylic acids is 1. The molecule has 0 aromatic rings. The Morgan fingerprint density at radius 1 is 0.760 bits per heavy atom. The standard InChI is InChI=1S/C48H84O2/c1-7-8-9-10-11-12-13-14-15-16-17-18-19-20-21-22-23-24-28-46(49)50-41-33-35-47(5)40(37-41)29-30-42-44-32-31-43(39(4)27-25-26-38(2)3)48(44,6)36-34-45(42)47/h13-14,29,38-39,41-45H,7-12,15-28,30-37H2,1-6H3/b14-13-/t39-,41+,42+,43-,44+,45+,47+,48-/m1/s1. The Bertz CT molecular complexity index is 1020. The van der Waals surface area contributed by atoms with Crippen molar-refractivity contribution < 1.29 is 9.53 Å². The molecule has 3 saturated carbocycles. The highest BCUT2D eigenvalue weighted by Crippen LogP contribution is 2.67. The Morgan fingerprint density at radius 2 is 1.40 bits per heavy atom. The lowest BCUT2D eigenvalue weighted by Gasteiger charge is -2.58. The first-order chi connectivity index (χ1) is 24.2. The van der Waals surface area contributed by atoms with Gasteiger partial charge >= 0.3 is 5.97 Å². The van der Waals surface area contributed by atoms with Crippen molar-refractivity contribution in [2.45, 2.75) is 227 Å². The van der Waals surface area contributed by atoms with Gasteiger partial charge in [0.25, 0.3) is 0 Å². The molecule has 0 unspecified atom stereocenters. The third-order valence-electron chi connectivity index (χ3n) is 15.0. The fourth-order valence-electron chi connectivity index (χ4n) is 11.9. The fourth-order valence-corrected chi connectivity index (χ4v) is 11.9. The van der Waals surface area contributed by atoms with Gasteiger partial charge < -0.3 is 4.74 Å². The monoisotopic (exact) mass is 693 g/mol. The van der Waals surface area contributed by atoms with Gasteiger partial charge in [-0.1, -0.05) is 155 Å². The van der Waals surface area contributed by atoms with Crippen LogP contribution >= 0.6 is 0 Å². The summed E-state index contributed by atoms with van der Waals surface area (Å²) in [5.74, 6) is 5.33. The normalized spacial score (nSPS) is 31.3. The highest BCUT2D eigenvalue weighted by atomic mass is 16.5. The molecule has 3 fully saturated rings. The molecule has 0 amide bonds. The van der Waals surface area contributed by atoms with Crippen LogP contribution in [0, 0.1) is 46.3 Å². The van der Waals surface area contributed by atoms with Crippen LogP contribution in [0.2, 0.25) is 0 Å². The van der Waals surface area contributed by atoms with Gasteiger partial charge in [0.15, 0.2) is 0 Å². The van der Waals surface area contributed by atoms with Gasteiger partial charge in [0.1, 0.15) is 6.10 Å². The summed E-state index contributed by atoms with van der Waals surface area (Å²) in [4.78, 5) is 12.8. The van der Waals surface area contributed by atoms with Gasteiger partial charge in [0.05, 0.1) is 0 Å². The molecule has 4 aliphatic rings. The molecule has 0 spiro atoms. The van der Waals surface area contributed by atoms with Crippen LogP contribution in [-0.2, 0) is 9.53 Å². The minimum atomic E-state index is 0.0615. The fraction of sp³-hybridized carbons (Fsp3) is 0.896. The molecular formula is C48H84O2. The minimum Gasteiger partial charge on any atom is -0.462 e. The summed E-state index contributed by atoms with van der Waals surface area (Å²) >= 11 is 0. The Morgan fingerprint density at radius 3 is 2.06 bits per heavy atom. The van der Waals surface area contributed by atoms with E-state index in [1.165, 1.54) is 154 Å². The van der Waals surface area contributed by atoms with Crippen LogP contribution in [0.15, 0.2) is 23.8 Å². The molecule has 4 rings (SSSR count). The maximum Gasteiger partial charge on any atom is 0.306 e. The highest BCUT2D eigenvalue weighted by molar-refractivity contribution is 5.69. The second kappa shape index (κ2) is 21.6. The molecule has 50 heavy (non-hydrogen) atoms. The number of allylic oxidation sites excluding steroid dienone is 3.